The van der Waals surface area contributed by atoms with Crippen molar-refractivity contribution in [3.05, 3.63) is 40.5 Å². The molecule has 0 saturated carbocycles. The predicted molar refractivity (Wildman–Crippen MR) is 78.3 cm³/mol. The molecular formula is C14H16ClN3O2. The van der Waals surface area contributed by atoms with E-state index in [-0.39, 0.29) is 5.91 Å². The number of hydrogen-bond donors (Lipinski definition) is 2. The van der Waals surface area contributed by atoms with Crippen LogP contribution in [0.25, 0.3) is 0 Å². The molecule has 1 amide bonds. The van der Waals surface area contributed by atoms with Gasteiger partial charge in [0.05, 0.1) is 12.1 Å². The second-order valence-corrected chi connectivity index (χ2v) is 4.86. The number of ether oxygens (including phenoxy) is 1. The summed E-state index contributed by atoms with van der Waals surface area (Å²) in [5.74, 6) is 1.09. The molecule has 1 aromatic heterocycles. The van der Waals surface area contributed by atoms with Crippen molar-refractivity contribution < 1.29 is 9.53 Å². The van der Waals surface area contributed by atoms with E-state index in [0.29, 0.717) is 29.4 Å². The first-order valence-corrected chi connectivity index (χ1v) is 6.60. The molecule has 1 aromatic carbocycles. The maximum absolute atomic E-state index is 11.8. The van der Waals surface area contributed by atoms with Crippen LogP contribution in [0.15, 0.2) is 24.3 Å². The standard InChI is InChI=1S/C14H16ClN3O2/c1-9-7-13(18-17-9)16-14(19)6-4-10-3-5-12(20-2)11(15)8-10/h3,5,7-8H,4,6H2,1-2H3,(H2,16,17,18,19). The van der Waals surface area contributed by atoms with Gasteiger partial charge in [0.2, 0.25) is 5.91 Å². The predicted octanol–water partition coefficient (Wildman–Crippen LogP) is 2.95. The van der Waals surface area contributed by atoms with Gasteiger partial charge in [-0.3, -0.25) is 9.89 Å². The van der Waals surface area contributed by atoms with Crippen molar-refractivity contribution >= 4 is 23.3 Å². The molecule has 20 heavy (non-hydrogen) atoms. The minimum absolute atomic E-state index is 0.0801. The van der Waals surface area contributed by atoms with Crippen molar-refractivity contribution in [2.75, 3.05) is 12.4 Å². The van der Waals surface area contributed by atoms with Crippen LogP contribution in [0.4, 0.5) is 5.82 Å². The second kappa shape index (κ2) is 6.43. The first kappa shape index (κ1) is 14.4. The number of halogens is 1. The average Bonchev–Trinajstić information content (AvgIpc) is 2.82. The Morgan fingerprint density at radius 1 is 1.45 bits per heavy atom. The highest BCUT2D eigenvalue weighted by atomic mass is 35.5. The van der Waals surface area contributed by atoms with Gasteiger partial charge in [0.15, 0.2) is 5.82 Å². The molecule has 0 atom stereocenters. The second-order valence-electron chi connectivity index (χ2n) is 4.45. The summed E-state index contributed by atoms with van der Waals surface area (Å²) < 4.78 is 5.08. The number of aryl methyl sites for hydroxylation is 2. The molecule has 1 heterocycles. The Bertz CT molecular complexity index is 610. The Kier molecular flexibility index (Phi) is 4.63. The molecule has 0 radical (unpaired) electrons. The van der Waals surface area contributed by atoms with Crippen LogP contribution in [0, 0.1) is 6.92 Å². The molecule has 0 bridgehead atoms. The molecule has 0 fully saturated rings. The van der Waals surface area contributed by atoms with Crippen LogP contribution in [-0.2, 0) is 11.2 Å². The van der Waals surface area contributed by atoms with Crippen molar-refractivity contribution in [1.29, 1.82) is 0 Å². The maximum Gasteiger partial charge on any atom is 0.225 e. The highest BCUT2D eigenvalue weighted by Gasteiger charge is 2.07. The molecule has 0 unspecified atom stereocenters. The quantitative estimate of drug-likeness (QED) is 0.890. The largest absolute Gasteiger partial charge is 0.495 e. The molecule has 2 rings (SSSR count). The van der Waals surface area contributed by atoms with E-state index in [2.05, 4.69) is 15.5 Å². The molecule has 0 spiro atoms. The number of amides is 1. The van der Waals surface area contributed by atoms with Crippen LogP contribution in [0.2, 0.25) is 5.02 Å². The van der Waals surface area contributed by atoms with Crippen molar-refractivity contribution in [1.82, 2.24) is 10.2 Å². The summed E-state index contributed by atoms with van der Waals surface area (Å²) in [5.41, 5.74) is 1.89. The third-order valence-electron chi connectivity index (χ3n) is 2.83. The van der Waals surface area contributed by atoms with E-state index in [1.165, 1.54) is 0 Å². The van der Waals surface area contributed by atoms with E-state index in [1.54, 1.807) is 19.2 Å². The van der Waals surface area contributed by atoms with E-state index < -0.39 is 0 Å². The zero-order valence-electron chi connectivity index (χ0n) is 11.4. The van der Waals surface area contributed by atoms with E-state index in [9.17, 15) is 4.79 Å². The minimum Gasteiger partial charge on any atom is -0.495 e. The Balaban J connectivity index is 1.88. The third kappa shape index (κ3) is 3.74. The monoisotopic (exact) mass is 293 g/mol. The number of methoxy groups -OCH3 is 1. The number of hydrogen-bond acceptors (Lipinski definition) is 3. The number of rotatable bonds is 5. The molecule has 0 aliphatic heterocycles. The number of aromatic nitrogens is 2. The fourth-order valence-corrected chi connectivity index (χ4v) is 2.09. The van der Waals surface area contributed by atoms with E-state index in [0.717, 1.165) is 11.3 Å². The Labute approximate surface area is 122 Å². The van der Waals surface area contributed by atoms with Gasteiger partial charge in [-0.2, -0.15) is 5.10 Å². The van der Waals surface area contributed by atoms with Crippen molar-refractivity contribution in [3.8, 4) is 5.75 Å². The van der Waals surface area contributed by atoms with E-state index in [4.69, 9.17) is 16.3 Å². The molecule has 0 aliphatic carbocycles. The van der Waals surface area contributed by atoms with E-state index in [1.807, 2.05) is 19.1 Å². The van der Waals surface area contributed by atoms with Gasteiger partial charge < -0.3 is 10.1 Å². The molecule has 106 valence electrons. The normalized spacial score (nSPS) is 10.3. The van der Waals surface area contributed by atoms with Crippen LogP contribution in [-0.4, -0.2) is 23.2 Å². The van der Waals surface area contributed by atoms with Gasteiger partial charge in [-0.15, -0.1) is 0 Å². The Morgan fingerprint density at radius 3 is 2.85 bits per heavy atom. The number of aromatic amines is 1. The number of carbonyl (C=O) groups is 1. The lowest BCUT2D eigenvalue weighted by molar-refractivity contribution is -0.116. The summed E-state index contributed by atoms with van der Waals surface area (Å²) in [6.45, 7) is 1.88. The molecule has 0 aliphatic rings. The zero-order valence-corrected chi connectivity index (χ0v) is 12.1. The van der Waals surface area contributed by atoms with Crippen LogP contribution >= 0.6 is 11.6 Å². The van der Waals surface area contributed by atoms with Crippen LogP contribution in [0.3, 0.4) is 0 Å². The third-order valence-corrected chi connectivity index (χ3v) is 3.13. The number of nitrogens with zero attached hydrogens (tertiary/aromatic N) is 1. The molecule has 5 nitrogen and oxygen atoms in total. The van der Waals surface area contributed by atoms with Gasteiger partial charge >= 0.3 is 0 Å². The van der Waals surface area contributed by atoms with Gasteiger partial charge in [-0.05, 0) is 31.0 Å². The summed E-state index contributed by atoms with van der Waals surface area (Å²) >= 11 is 6.04. The molecular weight excluding hydrogens is 278 g/mol. The fourth-order valence-electron chi connectivity index (χ4n) is 1.81. The van der Waals surface area contributed by atoms with E-state index >= 15 is 0 Å². The van der Waals surface area contributed by atoms with Crippen molar-refractivity contribution in [2.24, 2.45) is 0 Å². The topological polar surface area (TPSA) is 67.0 Å². The summed E-state index contributed by atoms with van der Waals surface area (Å²) in [4.78, 5) is 11.8. The van der Waals surface area contributed by atoms with Crippen molar-refractivity contribution in [3.63, 3.8) is 0 Å². The number of nitrogens with one attached hydrogen (secondary N) is 2. The number of benzene rings is 1. The SMILES string of the molecule is COc1ccc(CCC(=O)Nc2cc(C)[nH]n2)cc1Cl. The molecule has 6 heteroatoms. The highest BCUT2D eigenvalue weighted by molar-refractivity contribution is 6.32. The first-order valence-electron chi connectivity index (χ1n) is 6.23. The smallest absolute Gasteiger partial charge is 0.225 e. The molecule has 2 aromatic rings. The minimum atomic E-state index is -0.0801. The average molecular weight is 294 g/mol. The van der Waals surface area contributed by atoms with Gasteiger partial charge in [-0.1, -0.05) is 17.7 Å². The lowest BCUT2D eigenvalue weighted by Crippen LogP contribution is -2.12. The van der Waals surface area contributed by atoms with Crippen LogP contribution in [0.5, 0.6) is 5.75 Å². The summed E-state index contributed by atoms with van der Waals surface area (Å²) in [6, 6.07) is 7.29. The lowest BCUT2D eigenvalue weighted by Gasteiger charge is -2.06. The molecule has 0 saturated heterocycles. The zero-order chi connectivity index (χ0) is 14.5. The van der Waals surface area contributed by atoms with Gasteiger partial charge in [0.1, 0.15) is 5.75 Å². The number of anilines is 1. The van der Waals surface area contributed by atoms with Crippen LogP contribution in [0.1, 0.15) is 17.7 Å². The summed E-state index contributed by atoms with van der Waals surface area (Å²) in [6.07, 6.45) is 0.980. The molecule has 2 N–H and O–H groups in total. The number of H-pyrrole nitrogens is 1. The lowest BCUT2D eigenvalue weighted by atomic mass is 10.1. The summed E-state index contributed by atoms with van der Waals surface area (Å²) in [5, 5.41) is 10.0. The summed E-state index contributed by atoms with van der Waals surface area (Å²) in [7, 11) is 1.57. The maximum atomic E-state index is 11.8. The van der Waals surface area contributed by atoms with Gasteiger partial charge in [0, 0.05) is 18.2 Å². The number of carbonyl (C=O) groups excluding carboxylic acids is 1. The first-order chi connectivity index (χ1) is 9.58. The Hall–Kier alpha value is -2.01. The Morgan fingerprint density at radius 2 is 2.25 bits per heavy atom. The highest BCUT2D eigenvalue weighted by Crippen LogP contribution is 2.25. The van der Waals surface area contributed by atoms with Gasteiger partial charge in [-0.25, -0.2) is 0 Å². The van der Waals surface area contributed by atoms with Gasteiger partial charge in [0.25, 0.3) is 0 Å². The van der Waals surface area contributed by atoms with Crippen LogP contribution < -0.4 is 10.1 Å². The fraction of sp³-hybridized carbons (Fsp3) is 0.286. The van der Waals surface area contributed by atoms with Crippen molar-refractivity contribution in [2.45, 2.75) is 19.8 Å².